The number of aliphatic hydroxyl groups is 1. The average molecular weight is 310 g/mol. The van der Waals surface area contributed by atoms with Gasteiger partial charge in [0.15, 0.2) is 0 Å². The van der Waals surface area contributed by atoms with Crippen molar-refractivity contribution in [2.24, 2.45) is 0 Å². The highest BCUT2D eigenvalue weighted by atomic mass is 19.1. The first-order valence-corrected chi connectivity index (χ1v) is 7.58. The van der Waals surface area contributed by atoms with Gasteiger partial charge in [-0.15, -0.1) is 0 Å². The fourth-order valence-electron chi connectivity index (χ4n) is 2.53. The van der Waals surface area contributed by atoms with Crippen molar-refractivity contribution in [1.29, 1.82) is 0 Å². The quantitative estimate of drug-likeness (QED) is 0.892. The largest absolute Gasteiger partial charge is 0.497 e. The van der Waals surface area contributed by atoms with E-state index in [1.807, 2.05) is 6.92 Å². The molecule has 6 heteroatoms. The molecular formula is C16H23FN2O3. The van der Waals surface area contributed by atoms with E-state index in [9.17, 15) is 14.3 Å². The summed E-state index contributed by atoms with van der Waals surface area (Å²) in [6, 6.07) is 4.27. The van der Waals surface area contributed by atoms with Crippen molar-refractivity contribution in [2.45, 2.75) is 19.4 Å². The zero-order valence-electron chi connectivity index (χ0n) is 13.1. The van der Waals surface area contributed by atoms with Crippen molar-refractivity contribution in [2.75, 3.05) is 39.8 Å². The van der Waals surface area contributed by atoms with Gasteiger partial charge in [-0.2, -0.15) is 0 Å². The second-order valence-electron chi connectivity index (χ2n) is 5.50. The maximum atomic E-state index is 14.0. The lowest BCUT2D eigenvalue weighted by Crippen LogP contribution is -2.50. The molecular weight excluding hydrogens is 287 g/mol. The maximum Gasteiger partial charge on any atom is 0.256 e. The fourth-order valence-corrected chi connectivity index (χ4v) is 2.53. The molecule has 2 rings (SSSR count). The Morgan fingerprint density at radius 3 is 2.59 bits per heavy atom. The summed E-state index contributed by atoms with van der Waals surface area (Å²) < 4.78 is 18.9. The third kappa shape index (κ3) is 3.96. The van der Waals surface area contributed by atoms with Gasteiger partial charge >= 0.3 is 0 Å². The molecule has 0 bridgehead atoms. The van der Waals surface area contributed by atoms with Crippen LogP contribution in [0, 0.1) is 5.82 Å². The first kappa shape index (κ1) is 16.7. The summed E-state index contributed by atoms with van der Waals surface area (Å²) in [6.07, 6.45) is 0.386. The van der Waals surface area contributed by atoms with E-state index >= 15 is 0 Å². The minimum atomic E-state index is -0.562. The number of ether oxygens (including phenoxy) is 1. The minimum Gasteiger partial charge on any atom is -0.497 e. The van der Waals surface area contributed by atoms with Gasteiger partial charge in [-0.25, -0.2) is 4.39 Å². The van der Waals surface area contributed by atoms with E-state index in [1.165, 1.54) is 19.2 Å². The Bertz CT molecular complexity index is 516. The Morgan fingerprint density at radius 1 is 1.36 bits per heavy atom. The van der Waals surface area contributed by atoms with E-state index < -0.39 is 5.82 Å². The SMILES string of the molecule is CCC(O)CN1CCN(C(=O)c2ccc(OC)cc2F)CC1. The molecule has 0 aromatic heterocycles. The number of hydrogen-bond acceptors (Lipinski definition) is 4. The number of piperazine rings is 1. The summed E-state index contributed by atoms with van der Waals surface area (Å²) in [5.74, 6) is -0.462. The van der Waals surface area contributed by atoms with Crippen LogP contribution in [0.2, 0.25) is 0 Å². The number of aliphatic hydroxyl groups excluding tert-OH is 1. The zero-order valence-corrected chi connectivity index (χ0v) is 13.1. The average Bonchev–Trinajstić information content (AvgIpc) is 2.54. The molecule has 0 saturated carbocycles. The van der Waals surface area contributed by atoms with E-state index in [1.54, 1.807) is 11.0 Å². The van der Waals surface area contributed by atoms with E-state index in [2.05, 4.69) is 4.90 Å². The van der Waals surface area contributed by atoms with Crippen LogP contribution in [-0.4, -0.2) is 66.8 Å². The highest BCUT2D eigenvalue weighted by Crippen LogP contribution is 2.18. The Balaban J connectivity index is 1.95. The van der Waals surface area contributed by atoms with E-state index in [-0.39, 0.29) is 17.6 Å². The molecule has 1 atom stereocenters. The molecule has 0 radical (unpaired) electrons. The number of benzene rings is 1. The third-order valence-electron chi connectivity index (χ3n) is 4.01. The van der Waals surface area contributed by atoms with Crippen LogP contribution in [0.1, 0.15) is 23.7 Å². The first-order valence-electron chi connectivity index (χ1n) is 7.58. The number of amides is 1. The Labute approximate surface area is 130 Å². The molecule has 1 aromatic rings. The molecule has 1 aliphatic heterocycles. The van der Waals surface area contributed by atoms with Gasteiger partial charge < -0.3 is 14.7 Å². The van der Waals surface area contributed by atoms with Gasteiger partial charge in [0.1, 0.15) is 11.6 Å². The summed E-state index contributed by atoms with van der Waals surface area (Å²) in [5, 5.41) is 9.67. The number of β-amino-alcohol motifs (C(OH)–C–C–N with tert-alkyl or cyclic N) is 1. The zero-order chi connectivity index (χ0) is 16.1. The fraction of sp³-hybridized carbons (Fsp3) is 0.562. The molecule has 1 aliphatic rings. The van der Waals surface area contributed by atoms with Gasteiger partial charge in [0.2, 0.25) is 0 Å². The minimum absolute atomic E-state index is 0.0721. The normalized spacial score (nSPS) is 17.4. The second kappa shape index (κ2) is 7.56. The topological polar surface area (TPSA) is 53.0 Å². The van der Waals surface area contributed by atoms with Crippen molar-refractivity contribution < 1.29 is 19.0 Å². The van der Waals surface area contributed by atoms with Gasteiger partial charge in [-0.05, 0) is 18.6 Å². The number of hydrogen-bond donors (Lipinski definition) is 1. The number of methoxy groups -OCH3 is 1. The highest BCUT2D eigenvalue weighted by molar-refractivity contribution is 5.94. The molecule has 1 aromatic carbocycles. The van der Waals surface area contributed by atoms with Gasteiger partial charge in [0.05, 0.1) is 18.8 Å². The smallest absolute Gasteiger partial charge is 0.256 e. The van der Waals surface area contributed by atoms with Crippen molar-refractivity contribution >= 4 is 5.91 Å². The van der Waals surface area contributed by atoms with Gasteiger partial charge in [0, 0.05) is 38.8 Å². The molecule has 22 heavy (non-hydrogen) atoms. The number of nitrogens with zero attached hydrogens (tertiary/aromatic N) is 2. The van der Waals surface area contributed by atoms with E-state index in [0.29, 0.717) is 38.5 Å². The van der Waals surface area contributed by atoms with Crippen molar-refractivity contribution in [1.82, 2.24) is 9.80 Å². The Hall–Kier alpha value is -1.66. The number of rotatable bonds is 5. The van der Waals surface area contributed by atoms with Crippen LogP contribution in [0.25, 0.3) is 0 Å². The summed E-state index contributed by atoms with van der Waals surface area (Å²) in [6.45, 7) is 5.04. The van der Waals surface area contributed by atoms with Crippen molar-refractivity contribution in [3.05, 3.63) is 29.6 Å². The van der Waals surface area contributed by atoms with Gasteiger partial charge in [-0.1, -0.05) is 6.92 Å². The first-order chi connectivity index (χ1) is 10.5. The van der Waals surface area contributed by atoms with Gasteiger partial charge in [0.25, 0.3) is 5.91 Å². The second-order valence-corrected chi connectivity index (χ2v) is 5.50. The monoisotopic (exact) mass is 310 g/mol. The third-order valence-corrected chi connectivity index (χ3v) is 4.01. The maximum absolute atomic E-state index is 14.0. The standard InChI is InChI=1S/C16H23FN2O3/c1-3-12(20)11-18-6-8-19(9-7-18)16(21)14-5-4-13(22-2)10-15(14)17/h4-5,10,12,20H,3,6-9,11H2,1-2H3. The number of carbonyl (C=O) groups excluding carboxylic acids is 1. The summed E-state index contributed by atoms with van der Waals surface area (Å²) in [7, 11) is 1.46. The molecule has 1 heterocycles. The Kier molecular flexibility index (Phi) is 5.74. The molecule has 0 spiro atoms. The Morgan fingerprint density at radius 2 is 2.05 bits per heavy atom. The number of halogens is 1. The van der Waals surface area contributed by atoms with Crippen LogP contribution in [0.3, 0.4) is 0 Å². The highest BCUT2D eigenvalue weighted by Gasteiger charge is 2.24. The van der Waals surface area contributed by atoms with Crippen LogP contribution in [-0.2, 0) is 0 Å². The van der Waals surface area contributed by atoms with Crippen molar-refractivity contribution in [3.8, 4) is 5.75 Å². The van der Waals surface area contributed by atoms with Crippen LogP contribution in [0.15, 0.2) is 18.2 Å². The van der Waals surface area contributed by atoms with Gasteiger partial charge in [-0.3, -0.25) is 9.69 Å². The molecule has 1 unspecified atom stereocenters. The van der Waals surface area contributed by atoms with E-state index in [0.717, 1.165) is 6.42 Å². The predicted molar refractivity (Wildman–Crippen MR) is 81.6 cm³/mol. The van der Waals surface area contributed by atoms with Crippen LogP contribution >= 0.6 is 0 Å². The van der Waals surface area contributed by atoms with Crippen molar-refractivity contribution in [3.63, 3.8) is 0 Å². The summed E-state index contributed by atoms with van der Waals surface area (Å²) >= 11 is 0. The van der Waals surface area contributed by atoms with Crippen LogP contribution in [0.5, 0.6) is 5.75 Å². The molecule has 5 nitrogen and oxygen atoms in total. The lowest BCUT2D eigenvalue weighted by atomic mass is 10.1. The molecule has 122 valence electrons. The predicted octanol–water partition coefficient (Wildman–Crippen LogP) is 1.36. The van der Waals surface area contributed by atoms with E-state index in [4.69, 9.17) is 4.74 Å². The lowest BCUT2D eigenvalue weighted by Gasteiger charge is -2.35. The molecule has 1 N–H and O–H groups in total. The van der Waals surface area contributed by atoms with Crippen LogP contribution in [0.4, 0.5) is 4.39 Å². The van der Waals surface area contributed by atoms with Crippen LogP contribution < -0.4 is 4.74 Å². The molecule has 1 saturated heterocycles. The molecule has 0 aliphatic carbocycles. The molecule has 1 fully saturated rings. The summed E-state index contributed by atoms with van der Waals surface area (Å²) in [4.78, 5) is 16.2. The number of carbonyl (C=O) groups is 1. The lowest BCUT2D eigenvalue weighted by molar-refractivity contribution is 0.0520. The molecule has 1 amide bonds. The summed E-state index contributed by atoms with van der Waals surface area (Å²) in [5.41, 5.74) is 0.0721.